The molecule has 0 amide bonds. The Bertz CT molecular complexity index is 846. The SMILES string of the molecule is Cc1ccc(C(=O)ON=C2C=CC(=NOc3ccccc3)C=C2)cc1. The first kappa shape index (κ1) is 16.4. The van der Waals surface area contributed by atoms with Crippen molar-refractivity contribution >= 4 is 17.4 Å². The summed E-state index contributed by atoms with van der Waals surface area (Å²) in [6.07, 6.45) is 6.83. The van der Waals surface area contributed by atoms with Crippen molar-refractivity contribution in [2.45, 2.75) is 6.92 Å². The predicted molar refractivity (Wildman–Crippen MR) is 96.8 cm³/mol. The fraction of sp³-hybridized carbons (Fsp3) is 0.0500. The van der Waals surface area contributed by atoms with Crippen LogP contribution in [0.3, 0.4) is 0 Å². The monoisotopic (exact) mass is 332 g/mol. The van der Waals surface area contributed by atoms with Crippen LogP contribution in [0.2, 0.25) is 0 Å². The Balaban J connectivity index is 1.57. The third-order valence-corrected chi connectivity index (χ3v) is 3.37. The average molecular weight is 332 g/mol. The fourth-order valence-corrected chi connectivity index (χ4v) is 2.00. The maximum Gasteiger partial charge on any atom is 0.365 e. The van der Waals surface area contributed by atoms with Crippen LogP contribution in [0.25, 0.3) is 0 Å². The van der Waals surface area contributed by atoms with Gasteiger partial charge >= 0.3 is 5.97 Å². The third kappa shape index (κ3) is 4.75. The smallest absolute Gasteiger partial charge is 0.356 e. The number of aryl methyl sites for hydroxylation is 1. The molecule has 1 aliphatic carbocycles. The average Bonchev–Trinajstić information content (AvgIpc) is 2.67. The lowest BCUT2D eigenvalue weighted by Gasteiger charge is -2.03. The van der Waals surface area contributed by atoms with Gasteiger partial charge in [0.25, 0.3) is 0 Å². The van der Waals surface area contributed by atoms with Crippen molar-refractivity contribution in [2.75, 3.05) is 0 Å². The van der Waals surface area contributed by atoms with Crippen LogP contribution >= 0.6 is 0 Å². The van der Waals surface area contributed by atoms with Crippen LogP contribution in [0.5, 0.6) is 5.75 Å². The molecule has 0 aliphatic heterocycles. The molecule has 3 rings (SSSR count). The highest BCUT2D eigenvalue weighted by atomic mass is 16.7. The molecule has 5 nitrogen and oxygen atoms in total. The first-order valence-electron chi connectivity index (χ1n) is 7.73. The highest BCUT2D eigenvalue weighted by Gasteiger charge is 2.07. The van der Waals surface area contributed by atoms with Crippen LogP contribution in [-0.4, -0.2) is 17.4 Å². The summed E-state index contributed by atoms with van der Waals surface area (Å²) >= 11 is 0. The second-order valence-electron chi connectivity index (χ2n) is 5.35. The van der Waals surface area contributed by atoms with Crippen molar-refractivity contribution in [2.24, 2.45) is 10.3 Å². The molecule has 0 saturated carbocycles. The minimum Gasteiger partial charge on any atom is -0.356 e. The van der Waals surface area contributed by atoms with Gasteiger partial charge in [0.05, 0.1) is 5.56 Å². The molecule has 0 fully saturated rings. The maximum absolute atomic E-state index is 11.9. The van der Waals surface area contributed by atoms with Crippen LogP contribution in [0, 0.1) is 6.92 Å². The number of carbonyl (C=O) groups excluding carboxylic acids is 1. The van der Waals surface area contributed by atoms with Gasteiger partial charge in [-0.25, -0.2) is 4.79 Å². The van der Waals surface area contributed by atoms with E-state index in [1.54, 1.807) is 36.4 Å². The first-order chi connectivity index (χ1) is 12.2. The van der Waals surface area contributed by atoms with Gasteiger partial charge in [0, 0.05) is 0 Å². The Labute approximate surface area is 145 Å². The number of carbonyl (C=O) groups is 1. The van der Waals surface area contributed by atoms with Gasteiger partial charge in [0.1, 0.15) is 11.4 Å². The predicted octanol–water partition coefficient (Wildman–Crippen LogP) is 4.07. The number of allylic oxidation sites excluding steroid dienone is 4. The minimum atomic E-state index is -0.499. The van der Waals surface area contributed by atoms with E-state index in [-0.39, 0.29) is 0 Å². The number of rotatable bonds is 4. The molecule has 0 atom stereocenters. The van der Waals surface area contributed by atoms with E-state index < -0.39 is 5.97 Å². The molecule has 5 heteroatoms. The maximum atomic E-state index is 11.9. The molecule has 0 spiro atoms. The number of hydrogen-bond donors (Lipinski definition) is 0. The summed E-state index contributed by atoms with van der Waals surface area (Å²) in [5, 5.41) is 7.85. The van der Waals surface area contributed by atoms with Gasteiger partial charge in [0.2, 0.25) is 0 Å². The Morgan fingerprint density at radius 2 is 1.40 bits per heavy atom. The normalized spacial score (nSPS) is 12.7. The lowest BCUT2D eigenvalue weighted by atomic mass is 10.1. The number of benzene rings is 2. The van der Waals surface area contributed by atoms with Gasteiger partial charge in [-0.3, -0.25) is 0 Å². The van der Waals surface area contributed by atoms with E-state index in [0.717, 1.165) is 5.56 Å². The zero-order chi connectivity index (χ0) is 17.5. The first-order valence-corrected chi connectivity index (χ1v) is 7.73. The summed E-state index contributed by atoms with van der Waals surface area (Å²) in [6, 6.07) is 16.4. The number of nitrogens with zero attached hydrogens (tertiary/aromatic N) is 2. The molecular formula is C20H16N2O3. The van der Waals surface area contributed by atoms with Gasteiger partial charge in [0.15, 0.2) is 5.75 Å². The summed E-state index contributed by atoms with van der Waals surface area (Å²) in [6.45, 7) is 1.95. The van der Waals surface area contributed by atoms with E-state index in [4.69, 9.17) is 9.68 Å². The molecule has 0 radical (unpaired) electrons. The molecule has 0 N–H and O–H groups in total. The Morgan fingerprint density at radius 3 is 2.04 bits per heavy atom. The molecule has 25 heavy (non-hydrogen) atoms. The van der Waals surface area contributed by atoms with Crippen LogP contribution in [0.4, 0.5) is 0 Å². The zero-order valence-electron chi connectivity index (χ0n) is 13.6. The number of oxime groups is 2. The third-order valence-electron chi connectivity index (χ3n) is 3.37. The van der Waals surface area contributed by atoms with Gasteiger partial charge in [-0.05, 0) is 55.5 Å². The van der Waals surface area contributed by atoms with Crippen molar-refractivity contribution in [3.8, 4) is 5.75 Å². The van der Waals surface area contributed by atoms with Gasteiger partial charge in [-0.15, -0.1) is 0 Å². The van der Waals surface area contributed by atoms with Gasteiger partial charge in [-0.1, -0.05) is 46.2 Å². The van der Waals surface area contributed by atoms with E-state index in [9.17, 15) is 4.79 Å². The Morgan fingerprint density at radius 1 is 0.800 bits per heavy atom. The molecule has 0 aromatic heterocycles. The van der Waals surface area contributed by atoms with Crippen molar-refractivity contribution in [1.29, 1.82) is 0 Å². The largest absolute Gasteiger partial charge is 0.365 e. The van der Waals surface area contributed by atoms with Gasteiger partial charge in [-0.2, -0.15) is 0 Å². The molecule has 0 heterocycles. The summed E-state index contributed by atoms with van der Waals surface area (Å²) in [7, 11) is 0. The van der Waals surface area contributed by atoms with Crippen LogP contribution in [-0.2, 0) is 4.84 Å². The molecule has 2 aromatic carbocycles. The second kappa shape index (κ2) is 7.88. The lowest BCUT2D eigenvalue weighted by molar-refractivity contribution is 0.0517. The minimum absolute atomic E-state index is 0.456. The van der Waals surface area contributed by atoms with E-state index in [2.05, 4.69) is 10.3 Å². The molecular weight excluding hydrogens is 316 g/mol. The van der Waals surface area contributed by atoms with Crippen molar-refractivity contribution < 1.29 is 14.5 Å². The van der Waals surface area contributed by atoms with Crippen molar-refractivity contribution in [3.63, 3.8) is 0 Å². The number of para-hydroxylation sites is 1. The molecule has 2 aromatic rings. The van der Waals surface area contributed by atoms with Gasteiger partial charge < -0.3 is 9.68 Å². The van der Waals surface area contributed by atoms with E-state index >= 15 is 0 Å². The molecule has 0 bridgehead atoms. The topological polar surface area (TPSA) is 60.2 Å². The fourth-order valence-electron chi connectivity index (χ4n) is 2.00. The molecule has 1 aliphatic rings. The van der Waals surface area contributed by atoms with Crippen LogP contribution in [0.15, 0.2) is 89.2 Å². The second-order valence-corrected chi connectivity index (χ2v) is 5.35. The number of hydrogen-bond acceptors (Lipinski definition) is 5. The van der Waals surface area contributed by atoms with Crippen molar-refractivity contribution in [3.05, 3.63) is 90.0 Å². The Kier molecular flexibility index (Phi) is 5.16. The highest BCUT2D eigenvalue weighted by Crippen LogP contribution is 2.10. The van der Waals surface area contributed by atoms with Crippen molar-refractivity contribution in [1.82, 2.24) is 0 Å². The lowest BCUT2D eigenvalue weighted by Crippen LogP contribution is -2.05. The quantitative estimate of drug-likeness (QED) is 0.482. The highest BCUT2D eigenvalue weighted by molar-refractivity contribution is 6.18. The summed E-state index contributed by atoms with van der Waals surface area (Å²) in [5.41, 5.74) is 2.68. The van der Waals surface area contributed by atoms with E-state index in [1.165, 1.54) is 0 Å². The van der Waals surface area contributed by atoms with E-state index in [1.807, 2.05) is 49.4 Å². The van der Waals surface area contributed by atoms with Crippen LogP contribution in [0.1, 0.15) is 15.9 Å². The zero-order valence-corrected chi connectivity index (χ0v) is 13.6. The molecule has 0 unspecified atom stereocenters. The van der Waals surface area contributed by atoms with E-state index in [0.29, 0.717) is 22.7 Å². The summed E-state index contributed by atoms with van der Waals surface area (Å²) < 4.78 is 0. The molecule has 124 valence electrons. The standard InChI is InChI=1S/C20H16N2O3/c1-15-7-9-16(10-8-15)20(23)25-22-18-13-11-17(12-14-18)21-24-19-5-3-2-4-6-19/h2-14H,1H3. The summed E-state index contributed by atoms with van der Waals surface area (Å²) in [5.74, 6) is 0.157. The Hall–Kier alpha value is -3.47. The summed E-state index contributed by atoms with van der Waals surface area (Å²) in [4.78, 5) is 22.2. The van der Waals surface area contributed by atoms with Crippen LogP contribution < -0.4 is 4.84 Å². The molecule has 0 saturated heterocycles.